The number of carbonyl (C=O) groups is 1. The van der Waals surface area contributed by atoms with Crippen molar-refractivity contribution in [3.63, 3.8) is 0 Å². The lowest BCUT2D eigenvalue weighted by atomic mass is 10.0. The zero-order valence-electron chi connectivity index (χ0n) is 9.88. The fraction of sp³-hybridized carbons (Fsp3) is 0.308. The summed E-state index contributed by atoms with van der Waals surface area (Å²) in [6, 6.07) is 4.39. The number of rotatable bonds is 4. The molecule has 0 fully saturated rings. The number of Topliss-reactive ketones (excluding diaryl/α,β-unsaturated/α-hetero) is 1. The summed E-state index contributed by atoms with van der Waals surface area (Å²) in [6.45, 7) is 1.55. The van der Waals surface area contributed by atoms with Gasteiger partial charge in [-0.3, -0.25) is 4.79 Å². The smallest absolute Gasteiger partial charge is 0.147 e. The molecule has 2 aromatic rings. The van der Waals surface area contributed by atoms with Gasteiger partial charge in [0.2, 0.25) is 0 Å². The molecule has 0 aliphatic carbocycles. The molecule has 17 heavy (non-hydrogen) atoms. The molecule has 1 atom stereocenters. The fourth-order valence-electron chi connectivity index (χ4n) is 1.99. The minimum atomic E-state index is -0.262. The minimum Gasteiger partial charge on any atom is -0.361 e. The monoisotopic (exact) mass is 234 g/mol. The highest BCUT2D eigenvalue weighted by molar-refractivity contribution is 5.86. The molecular formula is C13H15FN2O. The summed E-state index contributed by atoms with van der Waals surface area (Å²) >= 11 is 0. The van der Waals surface area contributed by atoms with Crippen molar-refractivity contribution in [2.75, 3.05) is 7.05 Å². The largest absolute Gasteiger partial charge is 0.361 e. The number of benzene rings is 1. The van der Waals surface area contributed by atoms with E-state index in [1.54, 1.807) is 20.0 Å². The number of ketones is 1. The van der Waals surface area contributed by atoms with Crippen LogP contribution in [0.1, 0.15) is 12.5 Å². The number of nitrogens with one attached hydrogen (secondary N) is 2. The second-order valence-corrected chi connectivity index (χ2v) is 4.16. The molecule has 0 amide bonds. The van der Waals surface area contributed by atoms with Crippen molar-refractivity contribution in [3.05, 3.63) is 35.8 Å². The van der Waals surface area contributed by atoms with Gasteiger partial charge < -0.3 is 10.3 Å². The third kappa shape index (κ3) is 2.36. The van der Waals surface area contributed by atoms with Gasteiger partial charge in [0.25, 0.3) is 0 Å². The highest BCUT2D eigenvalue weighted by Crippen LogP contribution is 2.20. The van der Waals surface area contributed by atoms with E-state index in [4.69, 9.17) is 0 Å². The Morgan fingerprint density at radius 1 is 1.53 bits per heavy atom. The topological polar surface area (TPSA) is 44.9 Å². The van der Waals surface area contributed by atoms with Gasteiger partial charge in [0.05, 0.1) is 6.04 Å². The summed E-state index contributed by atoms with van der Waals surface area (Å²) in [4.78, 5) is 14.4. The highest BCUT2D eigenvalue weighted by Gasteiger charge is 2.14. The number of halogens is 1. The first-order chi connectivity index (χ1) is 8.11. The van der Waals surface area contributed by atoms with E-state index in [2.05, 4.69) is 10.3 Å². The maximum absolute atomic E-state index is 13.2. The van der Waals surface area contributed by atoms with Crippen LogP contribution in [0.2, 0.25) is 0 Å². The second kappa shape index (κ2) is 4.67. The highest BCUT2D eigenvalue weighted by atomic mass is 19.1. The molecule has 1 heterocycles. The lowest BCUT2D eigenvalue weighted by molar-refractivity contribution is -0.118. The van der Waals surface area contributed by atoms with Gasteiger partial charge in [-0.25, -0.2) is 4.39 Å². The van der Waals surface area contributed by atoms with Gasteiger partial charge in [-0.1, -0.05) is 0 Å². The SMILES string of the molecule is CN[C@@H](Cc1c[nH]c2ccc(F)cc12)C(C)=O. The minimum absolute atomic E-state index is 0.0817. The predicted octanol–water partition coefficient (Wildman–Crippen LogP) is 2.03. The first-order valence-corrected chi connectivity index (χ1v) is 5.55. The standard InChI is InChI=1S/C13H15FN2O/c1-8(17)13(15-2)5-9-7-16-12-4-3-10(14)6-11(9)12/h3-4,6-7,13,15-16H,5H2,1-2H3/t13-/m0/s1. The van der Waals surface area contributed by atoms with E-state index in [0.717, 1.165) is 16.5 Å². The Labute approximate surface area is 99.0 Å². The van der Waals surface area contributed by atoms with Crippen molar-refractivity contribution in [1.29, 1.82) is 0 Å². The fourth-order valence-corrected chi connectivity index (χ4v) is 1.99. The van der Waals surface area contributed by atoms with Crippen LogP contribution in [0.15, 0.2) is 24.4 Å². The average Bonchev–Trinajstić information content (AvgIpc) is 2.68. The summed E-state index contributed by atoms with van der Waals surface area (Å²) < 4.78 is 13.2. The van der Waals surface area contributed by atoms with Crippen LogP contribution in [0.4, 0.5) is 4.39 Å². The van der Waals surface area contributed by atoms with Crippen molar-refractivity contribution < 1.29 is 9.18 Å². The zero-order valence-corrected chi connectivity index (χ0v) is 9.88. The van der Waals surface area contributed by atoms with E-state index in [1.165, 1.54) is 12.1 Å². The molecule has 1 aromatic carbocycles. The number of hydrogen-bond donors (Lipinski definition) is 2. The molecule has 0 saturated heterocycles. The Morgan fingerprint density at radius 2 is 2.29 bits per heavy atom. The van der Waals surface area contributed by atoms with E-state index >= 15 is 0 Å². The third-order valence-electron chi connectivity index (χ3n) is 2.99. The lowest BCUT2D eigenvalue weighted by Gasteiger charge is -2.11. The Balaban J connectivity index is 2.35. The van der Waals surface area contributed by atoms with E-state index in [0.29, 0.717) is 6.42 Å². The van der Waals surface area contributed by atoms with Crippen LogP contribution in [0.5, 0.6) is 0 Å². The number of likely N-dealkylation sites (N-methyl/N-ethyl adjacent to an activating group) is 1. The Bertz CT molecular complexity index is 547. The number of aromatic nitrogens is 1. The van der Waals surface area contributed by atoms with Crippen molar-refractivity contribution in [2.24, 2.45) is 0 Å². The normalized spacial score (nSPS) is 12.9. The van der Waals surface area contributed by atoms with Crippen LogP contribution in [-0.4, -0.2) is 23.9 Å². The van der Waals surface area contributed by atoms with Crippen LogP contribution >= 0.6 is 0 Å². The number of H-pyrrole nitrogens is 1. The van der Waals surface area contributed by atoms with Crippen molar-refractivity contribution >= 4 is 16.7 Å². The first-order valence-electron chi connectivity index (χ1n) is 5.55. The van der Waals surface area contributed by atoms with Crippen LogP contribution in [0, 0.1) is 5.82 Å². The molecule has 0 radical (unpaired) electrons. The molecule has 1 aromatic heterocycles. The van der Waals surface area contributed by atoms with Crippen molar-refractivity contribution in [3.8, 4) is 0 Å². The molecule has 0 aliphatic rings. The molecule has 90 valence electrons. The number of hydrogen-bond acceptors (Lipinski definition) is 2. The van der Waals surface area contributed by atoms with Gasteiger partial charge in [0.1, 0.15) is 11.6 Å². The summed E-state index contributed by atoms with van der Waals surface area (Å²) in [5, 5.41) is 3.80. The van der Waals surface area contributed by atoms with E-state index in [9.17, 15) is 9.18 Å². The Hall–Kier alpha value is -1.68. The molecule has 0 bridgehead atoms. The molecule has 0 saturated carbocycles. The molecule has 4 heteroatoms. The maximum Gasteiger partial charge on any atom is 0.147 e. The van der Waals surface area contributed by atoms with Gasteiger partial charge in [-0.15, -0.1) is 0 Å². The van der Waals surface area contributed by atoms with Crippen LogP contribution in [0.3, 0.4) is 0 Å². The maximum atomic E-state index is 13.2. The number of fused-ring (bicyclic) bond motifs is 1. The molecule has 0 spiro atoms. The quantitative estimate of drug-likeness (QED) is 0.850. The number of carbonyl (C=O) groups excluding carboxylic acids is 1. The summed E-state index contributed by atoms with van der Waals surface area (Å²) in [5.41, 5.74) is 1.84. The average molecular weight is 234 g/mol. The Kier molecular flexibility index (Phi) is 3.24. The molecule has 0 unspecified atom stereocenters. The Morgan fingerprint density at radius 3 is 2.94 bits per heavy atom. The van der Waals surface area contributed by atoms with E-state index < -0.39 is 0 Å². The summed E-state index contributed by atoms with van der Waals surface area (Å²) in [5.74, 6) is -0.180. The molecule has 2 N–H and O–H groups in total. The van der Waals surface area contributed by atoms with Crippen molar-refractivity contribution in [1.82, 2.24) is 10.3 Å². The molecular weight excluding hydrogens is 219 g/mol. The summed E-state index contributed by atoms with van der Waals surface area (Å²) in [7, 11) is 1.75. The van der Waals surface area contributed by atoms with E-state index in [-0.39, 0.29) is 17.6 Å². The molecule has 2 rings (SSSR count). The summed E-state index contributed by atoms with van der Waals surface area (Å²) in [6.07, 6.45) is 2.40. The van der Waals surface area contributed by atoms with Crippen LogP contribution in [-0.2, 0) is 11.2 Å². The lowest BCUT2D eigenvalue weighted by Crippen LogP contribution is -2.34. The van der Waals surface area contributed by atoms with Crippen LogP contribution in [0.25, 0.3) is 10.9 Å². The van der Waals surface area contributed by atoms with Gasteiger partial charge >= 0.3 is 0 Å². The second-order valence-electron chi connectivity index (χ2n) is 4.16. The third-order valence-corrected chi connectivity index (χ3v) is 2.99. The van der Waals surface area contributed by atoms with Gasteiger partial charge in [-0.05, 0) is 44.2 Å². The zero-order chi connectivity index (χ0) is 12.4. The van der Waals surface area contributed by atoms with Gasteiger partial charge in [0, 0.05) is 17.1 Å². The molecule has 0 aliphatic heterocycles. The van der Waals surface area contributed by atoms with Crippen LogP contribution < -0.4 is 5.32 Å². The van der Waals surface area contributed by atoms with Gasteiger partial charge in [-0.2, -0.15) is 0 Å². The van der Waals surface area contributed by atoms with Crippen molar-refractivity contribution in [2.45, 2.75) is 19.4 Å². The van der Waals surface area contributed by atoms with E-state index in [1.807, 2.05) is 6.20 Å². The predicted molar refractivity (Wildman–Crippen MR) is 65.5 cm³/mol. The molecule has 3 nitrogen and oxygen atoms in total. The first kappa shape index (κ1) is 11.8. The number of aromatic amines is 1. The van der Waals surface area contributed by atoms with Gasteiger partial charge in [0.15, 0.2) is 0 Å².